The molecule has 252 valence electrons. The quantitative estimate of drug-likeness (QED) is 0.199. The first kappa shape index (κ1) is 34.5. The van der Waals surface area contributed by atoms with E-state index in [0.29, 0.717) is 48.6 Å². The zero-order chi connectivity index (χ0) is 33.9. The minimum atomic E-state index is -5.01. The summed E-state index contributed by atoms with van der Waals surface area (Å²) in [5.41, 5.74) is -1.56. The Hall–Kier alpha value is -3.81. The van der Waals surface area contributed by atoms with Crippen LogP contribution in [-0.2, 0) is 28.3 Å². The molecule has 2 bridgehead atoms. The van der Waals surface area contributed by atoms with Gasteiger partial charge in [0.2, 0.25) is 5.91 Å². The largest absolute Gasteiger partial charge is 0.416 e. The molecule has 5 nitrogen and oxygen atoms in total. The van der Waals surface area contributed by atoms with Crippen molar-refractivity contribution in [3.8, 4) is 11.1 Å². The molecule has 1 aliphatic carbocycles. The summed E-state index contributed by atoms with van der Waals surface area (Å²) in [5, 5.41) is 17.2. The predicted molar refractivity (Wildman–Crippen MR) is 157 cm³/mol. The topological polar surface area (TPSA) is 70.6 Å². The van der Waals surface area contributed by atoms with Gasteiger partial charge in [0.25, 0.3) is 0 Å². The van der Waals surface area contributed by atoms with Crippen LogP contribution >= 0.6 is 0 Å². The molecule has 5 rings (SSSR count). The molecule has 0 saturated carbocycles. The van der Waals surface area contributed by atoms with Gasteiger partial charge in [-0.15, -0.1) is 0 Å². The third-order valence-corrected chi connectivity index (χ3v) is 8.28. The van der Waals surface area contributed by atoms with E-state index in [-0.39, 0.29) is 54.7 Å². The van der Waals surface area contributed by atoms with Crippen LogP contribution in [0.5, 0.6) is 0 Å². The Morgan fingerprint density at radius 1 is 0.830 bits per heavy atom. The normalized spacial score (nSPS) is 23.6. The summed E-state index contributed by atoms with van der Waals surface area (Å²) in [6, 6.07) is 7.41. The Morgan fingerprint density at radius 3 is 2.17 bits per heavy atom. The van der Waals surface area contributed by atoms with Crippen LogP contribution in [0.1, 0.15) is 65.6 Å². The number of alkyl halides is 6. The van der Waals surface area contributed by atoms with E-state index in [1.807, 2.05) is 6.08 Å². The van der Waals surface area contributed by atoms with Crippen LogP contribution in [0.25, 0.3) is 11.1 Å². The van der Waals surface area contributed by atoms with Crippen LogP contribution in [0.3, 0.4) is 0 Å². The van der Waals surface area contributed by atoms with Crippen molar-refractivity contribution in [2.45, 2.75) is 68.7 Å². The molecular weight excluding hydrogens is 636 g/mol. The molecule has 0 saturated heterocycles. The van der Waals surface area contributed by atoms with Crippen molar-refractivity contribution in [3.63, 3.8) is 0 Å². The molecule has 0 spiro atoms. The number of hydrogen-bond acceptors (Lipinski definition) is 4. The van der Waals surface area contributed by atoms with Gasteiger partial charge in [0, 0.05) is 25.1 Å². The van der Waals surface area contributed by atoms with E-state index in [4.69, 9.17) is 4.74 Å². The number of fused-ring (bicyclic) bond motifs is 5. The monoisotopic (exact) mass is 668 g/mol. The van der Waals surface area contributed by atoms with E-state index in [1.165, 1.54) is 12.1 Å². The maximum Gasteiger partial charge on any atom is 0.416 e. The zero-order valence-electron chi connectivity index (χ0n) is 24.9. The van der Waals surface area contributed by atoms with Crippen molar-refractivity contribution in [3.05, 3.63) is 106 Å². The molecule has 3 aromatic rings. The van der Waals surface area contributed by atoms with Crippen LogP contribution < -0.4 is 10.6 Å². The summed E-state index contributed by atoms with van der Waals surface area (Å²) in [6.45, 7) is 0.105. The van der Waals surface area contributed by atoms with Gasteiger partial charge in [-0.25, -0.2) is 8.78 Å². The van der Waals surface area contributed by atoms with E-state index < -0.39 is 59.4 Å². The van der Waals surface area contributed by atoms with Gasteiger partial charge in [0.05, 0.1) is 36.0 Å². The first-order valence-corrected chi connectivity index (χ1v) is 15.0. The molecular formula is C34H32F8N2O3. The highest BCUT2D eigenvalue weighted by Crippen LogP contribution is 2.44. The SMILES string of the molecule is O=C1CCC/C=C/CO[C@@H]2C[C@H](NC[C@@H](O)[C@H](Cc3cc(F)cc(F)c3)N1)c1cc(-c3cc(C(F)(F)F)cc(C(F)(F)F)c3)ccc12. The Morgan fingerprint density at radius 2 is 1.51 bits per heavy atom. The summed E-state index contributed by atoms with van der Waals surface area (Å²) >= 11 is 0. The molecule has 1 heterocycles. The predicted octanol–water partition coefficient (Wildman–Crippen LogP) is 7.59. The van der Waals surface area contributed by atoms with Crippen LogP contribution in [0, 0.1) is 11.6 Å². The molecule has 0 radical (unpaired) electrons. The lowest BCUT2D eigenvalue weighted by molar-refractivity contribution is -0.143. The number of halogens is 8. The maximum absolute atomic E-state index is 13.9. The summed E-state index contributed by atoms with van der Waals surface area (Å²) in [7, 11) is 0. The van der Waals surface area contributed by atoms with Crippen molar-refractivity contribution in [2.24, 2.45) is 0 Å². The van der Waals surface area contributed by atoms with Crippen molar-refractivity contribution < 1.29 is 49.8 Å². The molecule has 0 fully saturated rings. The summed E-state index contributed by atoms with van der Waals surface area (Å²) in [5.74, 6) is -1.99. The molecule has 1 aliphatic heterocycles. The highest BCUT2D eigenvalue weighted by molar-refractivity contribution is 5.76. The van der Waals surface area contributed by atoms with Crippen molar-refractivity contribution >= 4 is 5.91 Å². The number of allylic oxidation sites excluding steroid dienone is 1. The van der Waals surface area contributed by atoms with E-state index >= 15 is 0 Å². The summed E-state index contributed by atoms with van der Waals surface area (Å²) in [6.07, 6.45) is -6.64. The van der Waals surface area contributed by atoms with Gasteiger partial charge in [0.15, 0.2) is 0 Å². The number of amides is 1. The van der Waals surface area contributed by atoms with Gasteiger partial charge in [0.1, 0.15) is 11.6 Å². The minimum Gasteiger partial charge on any atom is -0.390 e. The number of carbonyl (C=O) groups is 1. The van der Waals surface area contributed by atoms with Gasteiger partial charge < -0.3 is 20.5 Å². The van der Waals surface area contributed by atoms with E-state index in [1.54, 1.807) is 12.1 Å². The molecule has 0 aromatic heterocycles. The number of aliphatic hydroxyl groups excluding tert-OH is 1. The number of ether oxygens (including phenoxy) is 1. The minimum absolute atomic E-state index is 0.0739. The van der Waals surface area contributed by atoms with Crippen molar-refractivity contribution in [2.75, 3.05) is 13.2 Å². The number of carbonyl (C=O) groups excluding carboxylic acids is 1. The lowest BCUT2D eigenvalue weighted by Crippen LogP contribution is -2.49. The highest BCUT2D eigenvalue weighted by Gasteiger charge is 2.38. The molecule has 1 amide bonds. The fourth-order valence-electron chi connectivity index (χ4n) is 5.98. The number of nitrogens with one attached hydrogen (secondary N) is 2. The van der Waals surface area contributed by atoms with Crippen LogP contribution in [0.4, 0.5) is 35.1 Å². The number of aliphatic hydroxyl groups is 1. The molecule has 2 aliphatic rings. The van der Waals surface area contributed by atoms with Gasteiger partial charge in [-0.1, -0.05) is 24.3 Å². The van der Waals surface area contributed by atoms with E-state index in [0.717, 1.165) is 12.1 Å². The van der Waals surface area contributed by atoms with Crippen LogP contribution in [0.15, 0.2) is 66.7 Å². The second-order valence-electron chi connectivity index (χ2n) is 11.7. The standard InChI is InChI=1S/C34H32F8N2O3/c35-24-9-19(10-25(36)16-24)11-29-30(45)18-43-28-17-31(47-8-4-2-1-3-5-32(46)44-29)26-7-6-20(14-27(26)28)21-12-22(33(37,38)39)15-23(13-21)34(40,41)42/h2,4,6-7,9-10,12-16,28-31,43,45H,1,3,5,8,11,17-18H2,(H,44,46)/b4-2+/t28-,29-,30+,31+/m0/s1. The molecule has 4 atom stereocenters. The van der Waals surface area contributed by atoms with Crippen molar-refractivity contribution in [1.82, 2.24) is 10.6 Å². The highest BCUT2D eigenvalue weighted by atomic mass is 19.4. The lowest BCUT2D eigenvalue weighted by Gasteiger charge is -2.26. The van der Waals surface area contributed by atoms with Gasteiger partial charge in [-0.05, 0) is 89.9 Å². The van der Waals surface area contributed by atoms with Gasteiger partial charge >= 0.3 is 12.4 Å². The van der Waals surface area contributed by atoms with E-state index in [2.05, 4.69) is 10.6 Å². The van der Waals surface area contributed by atoms with Gasteiger partial charge in [-0.2, -0.15) is 26.3 Å². The second kappa shape index (κ2) is 14.1. The number of rotatable bonds is 3. The fourth-order valence-corrected chi connectivity index (χ4v) is 5.98. The smallest absolute Gasteiger partial charge is 0.390 e. The number of β-amino-alcohol motifs (C(OH)–C–C–N with tert-alkyl or cyclic N) is 1. The Bertz CT molecular complexity index is 1570. The number of hydrogen-bond donors (Lipinski definition) is 3. The Kier molecular flexibility index (Phi) is 10.4. The second-order valence-corrected chi connectivity index (χ2v) is 11.7. The molecule has 3 N–H and O–H groups in total. The number of benzene rings is 3. The first-order valence-electron chi connectivity index (χ1n) is 15.0. The average Bonchev–Trinajstić information content (AvgIpc) is 3.33. The van der Waals surface area contributed by atoms with Crippen LogP contribution in [-0.4, -0.2) is 36.3 Å². The fraction of sp³-hybridized carbons (Fsp3) is 0.382. The lowest BCUT2D eigenvalue weighted by atomic mass is 9.95. The van der Waals surface area contributed by atoms with Gasteiger partial charge in [-0.3, -0.25) is 4.79 Å². The third-order valence-electron chi connectivity index (χ3n) is 8.28. The average molecular weight is 669 g/mol. The van der Waals surface area contributed by atoms with Crippen LogP contribution in [0.2, 0.25) is 0 Å². The molecule has 3 aromatic carbocycles. The summed E-state index contributed by atoms with van der Waals surface area (Å²) < 4.78 is 115. The maximum atomic E-state index is 13.9. The molecule has 0 unspecified atom stereocenters. The Balaban J connectivity index is 1.47. The third kappa shape index (κ3) is 8.76. The van der Waals surface area contributed by atoms with Crippen molar-refractivity contribution in [1.29, 1.82) is 0 Å². The van der Waals surface area contributed by atoms with E-state index in [9.17, 15) is 45.0 Å². The first-order chi connectivity index (χ1) is 22.2. The Labute approximate surface area is 265 Å². The summed E-state index contributed by atoms with van der Waals surface area (Å²) in [4.78, 5) is 12.7. The molecule has 47 heavy (non-hydrogen) atoms. The molecule has 13 heteroatoms. The zero-order valence-corrected chi connectivity index (χ0v) is 24.9.